The fourth-order valence-corrected chi connectivity index (χ4v) is 3.14. The average Bonchev–Trinajstić information content (AvgIpc) is 2.37. The predicted molar refractivity (Wildman–Crippen MR) is 89.3 cm³/mol. The van der Waals surface area contributed by atoms with Crippen molar-refractivity contribution in [1.29, 1.82) is 0 Å². The standard InChI is InChI=1S/C18H31N3/c1-13(2)16-10-19-17(18(4,5)6)12-21(16)11-15-9-7-8-14(3)20-15/h7-9,13,16-17,19H,10-12H2,1-6H3. The highest BCUT2D eigenvalue weighted by Crippen LogP contribution is 2.26. The fraction of sp³-hybridized carbons (Fsp3) is 0.722. The molecule has 0 aromatic carbocycles. The summed E-state index contributed by atoms with van der Waals surface area (Å²) in [5.41, 5.74) is 2.59. The van der Waals surface area contributed by atoms with Crippen molar-refractivity contribution in [3.8, 4) is 0 Å². The zero-order valence-electron chi connectivity index (χ0n) is 14.5. The molecule has 0 spiro atoms. The van der Waals surface area contributed by atoms with Gasteiger partial charge in [0.15, 0.2) is 0 Å². The zero-order valence-corrected chi connectivity index (χ0v) is 14.5. The molecule has 3 nitrogen and oxygen atoms in total. The Hall–Kier alpha value is -0.930. The first-order chi connectivity index (χ1) is 9.77. The van der Waals surface area contributed by atoms with E-state index in [9.17, 15) is 0 Å². The van der Waals surface area contributed by atoms with Crippen LogP contribution < -0.4 is 5.32 Å². The number of pyridine rings is 1. The first kappa shape index (κ1) is 16.4. The number of aryl methyl sites for hydroxylation is 1. The van der Waals surface area contributed by atoms with E-state index in [2.05, 4.69) is 74.9 Å². The van der Waals surface area contributed by atoms with Crippen LogP contribution in [-0.4, -0.2) is 35.1 Å². The number of nitrogens with one attached hydrogen (secondary N) is 1. The molecule has 1 aliphatic heterocycles. The molecule has 2 rings (SSSR count). The molecule has 2 atom stereocenters. The van der Waals surface area contributed by atoms with E-state index in [1.165, 1.54) is 5.69 Å². The molecule has 2 unspecified atom stereocenters. The lowest BCUT2D eigenvalue weighted by Gasteiger charge is -2.46. The third-order valence-corrected chi connectivity index (χ3v) is 4.59. The first-order valence-corrected chi connectivity index (χ1v) is 8.17. The summed E-state index contributed by atoms with van der Waals surface area (Å²) in [6, 6.07) is 7.46. The van der Waals surface area contributed by atoms with E-state index < -0.39 is 0 Å². The molecule has 0 radical (unpaired) electrons. The molecule has 1 N–H and O–H groups in total. The SMILES string of the molecule is Cc1cccc(CN2CC(C(C)(C)C)NCC2C(C)C)n1. The van der Waals surface area contributed by atoms with E-state index in [-0.39, 0.29) is 0 Å². The van der Waals surface area contributed by atoms with Gasteiger partial charge in [0.2, 0.25) is 0 Å². The third-order valence-electron chi connectivity index (χ3n) is 4.59. The maximum atomic E-state index is 4.69. The Morgan fingerprint density at radius 1 is 1.33 bits per heavy atom. The molecule has 0 saturated carbocycles. The smallest absolute Gasteiger partial charge is 0.0547 e. The predicted octanol–water partition coefficient (Wildman–Crippen LogP) is 3.23. The molecule has 1 aromatic rings. The summed E-state index contributed by atoms with van der Waals surface area (Å²) in [6.45, 7) is 16.8. The highest BCUT2D eigenvalue weighted by Gasteiger charge is 2.35. The van der Waals surface area contributed by atoms with E-state index in [4.69, 9.17) is 0 Å². The van der Waals surface area contributed by atoms with Crippen molar-refractivity contribution < 1.29 is 0 Å². The Bertz CT molecular complexity index is 462. The van der Waals surface area contributed by atoms with Crippen molar-refractivity contribution >= 4 is 0 Å². The maximum absolute atomic E-state index is 4.69. The quantitative estimate of drug-likeness (QED) is 0.926. The van der Waals surface area contributed by atoms with Gasteiger partial charge in [0.25, 0.3) is 0 Å². The van der Waals surface area contributed by atoms with Gasteiger partial charge < -0.3 is 5.32 Å². The third kappa shape index (κ3) is 4.27. The Labute approximate surface area is 130 Å². The van der Waals surface area contributed by atoms with Crippen LogP contribution in [0.5, 0.6) is 0 Å². The number of rotatable bonds is 3. The van der Waals surface area contributed by atoms with Gasteiger partial charge in [-0.05, 0) is 30.4 Å². The van der Waals surface area contributed by atoms with Gasteiger partial charge in [-0.2, -0.15) is 0 Å². The molecule has 1 saturated heterocycles. The summed E-state index contributed by atoms with van der Waals surface area (Å²) in [5, 5.41) is 3.76. The summed E-state index contributed by atoms with van der Waals surface area (Å²) in [4.78, 5) is 7.31. The second-order valence-electron chi connectivity index (χ2n) is 7.84. The molecule has 0 amide bonds. The monoisotopic (exact) mass is 289 g/mol. The fourth-order valence-electron chi connectivity index (χ4n) is 3.14. The molecule has 0 bridgehead atoms. The van der Waals surface area contributed by atoms with Crippen molar-refractivity contribution in [2.24, 2.45) is 11.3 Å². The highest BCUT2D eigenvalue weighted by molar-refractivity contribution is 5.10. The van der Waals surface area contributed by atoms with Crippen LogP contribution in [0.3, 0.4) is 0 Å². The van der Waals surface area contributed by atoms with E-state index in [1.807, 2.05) is 0 Å². The molecular weight excluding hydrogens is 258 g/mol. The van der Waals surface area contributed by atoms with Crippen LogP contribution in [0.25, 0.3) is 0 Å². The molecule has 1 aliphatic rings. The summed E-state index contributed by atoms with van der Waals surface area (Å²) < 4.78 is 0. The van der Waals surface area contributed by atoms with Gasteiger partial charge >= 0.3 is 0 Å². The van der Waals surface area contributed by atoms with Crippen molar-refractivity contribution in [1.82, 2.24) is 15.2 Å². The molecule has 1 fully saturated rings. The van der Waals surface area contributed by atoms with E-state index in [0.29, 0.717) is 23.4 Å². The van der Waals surface area contributed by atoms with E-state index in [0.717, 1.165) is 25.3 Å². The summed E-state index contributed by atoms with van der Waals surface area (Å²) >= 11 is 0. The number of nitrogens with zero attached hydrogens (tertiary/aromatic N) is 2. The minimum absolute atomic E-state index is 0.292. The van der Waals surface area contributed by atoms with Gasteiger partial charge in [0.1, 0.15) is 0 Å². The van der Waals surface area contributed by atoms with E-state index in [1.54, 1.807) is 0 Å². The average molecular weight is 289 g/mol. The summed E-state index contributed by atoms with van der Waals surface area (Å²) in [5.74, 6) is 0.656. The zero-order chi connectivity index (χ0) is 15.6. The Morgan fingerprint density at radius 2 is 2.05 bits per heavy atom. The number of piperazine rings is 1. The van der Waals surface area contributed by atoms with Gasteiger partial charge in [-0.3, -0.25) is 9.88 Å². The second kappa shape index (κ2) is 6.45. The Morgan fingerprint density at radius 3 is 2.62 bits per heavy atom. The Balaban J connectivity index is 2.14. The molecule has 0 aliphatic carbocycles. The molecule has 118 valence electrons. The lowest BCUT2D eigenvalue weighted by atomic mass is 9.83. The summed E-state index contributed by atoms with van der Waals surface area (Å²) in [7, 11) is 0. The van der Waals surface area contributed by atoms with E-state index >= 15 is 0 Å². The largest absolute Gasteiger partial charge is 0.311 e. The van der Waals surface area contributed by atoms with Crippen molar-refractivity contribution in [2.45, 2.75) is 60.2 Å². The second-order valence-corrected chi connectivity index (χ2v) is 7.84. The van der Waals surface area contributed by atoms with Crippen LogP contribution in [-0.2, 0) is 6.54 Å². The van der Waals surface area contributed by atoms with Crippen LogP contribution in [0.2, 0.25) is 0 Å². The highest BCUT2D eigenvalue weighted by atomic mass is 15.2. The van der Waals surface area contributed by atoms with Gasteiger partial charge in [-0.15, -0.1) is 0 Å². The van der Waals surface area contributed by atoms with Gasteiger partial charge in [-0.25, -0.2) is 0 Å². The van der Waals surface area contributed by atoms with Crippen LogP contribution in [0, 0.1) is 18.3 Å². The number of hydrogen-bond acceptors (Lipinski definition) is 3. The van der Waals surface area contributed by atoms with Crippen LogP contribution in [0.15, 0.2) is 18.2 Å². The minimum Gasteiger partial charge on any atom is -0.311 e. The van der Waals surface area contributed by atoms with Gasteiger partial charge in [0.05, 0.1) is 5.69 Å². The molecular formula is C18H31N3. The van der Waals surface area contributed by atoms with Crippen molar-refractivity contribution in [3.05, 3.63) is 29.6 Å². The normalized spacial score (nSPS) is 24.5. The van der Waals surface area contributed by atoms with Crippen LogP contribution in [0.4, 0.5) is 0 Å². The maximum Gasteiger partial charge on any atom is 0.0547 e. The molecule has 21 heavy (non-hydrogen) atoms. The van der Waals surface area contributed by atoms with Crippen molar-refractivity contribution in [2.75, 3.05) is 13.1 Å². The van der Waals surface area contributed by atoms with Crippen LogP contribution >= 0.6 is 0 Å². The lowest BCUT2D eigenvalue weighted by molar-refractivity contribution is 0.0562. The Kier molecular flexibility index (Phi) is 5.05. The van der Waals surface area contributed by atoms with Gasteiger partial charge in [-0.1, -0.05) is 40.7 Å². The van der Waals surface area contributed by atoms with Gasteiger partial charge in [0, 0.05) is 37.4 Å². The lowest BCUT2D eigenvalue weighted by Crippen LogP contribution is -2.61. The molecule has 2 heterocycles. The molecule has 1 aromatic heterocycles. The number of hydrogen-bond donors (Lipinski definition) is 1. The topological polar surface area (TPSA) is 28.2 Å². The summed E-state index contributed by atoms with van der Waals surface area (Å²) in [6.07, 6.45) is 0. The van der Waals surface area contributed by atoms with Crippen molar-refractivity contribution in [3.63, 3.8) is 0 Å². The number of aromatic nitrogens is 1. The van der Waals surface area contributed by atoms with Crippen LogP contribution in [0.1, 0.15) is 46.0 Å². The molecule has 3 heteroatoms. The first-order valence-electron chi connectivity index (χ1n) is 8.17. The minimum atomic E-state index is 0.292.